The molecule has 0 bridgehead atoms. The highest BCUT2D eigenvalue weighted by molar-refractivity contribution is 5.91. The number of unbranched alkanes of at least 4 members (excludes halogenated alkanes) is 4. The molecule has 0 spiro atoms. The number of carbonyl (C=O) groups is 4. The molecular weight excluding hydrogens is 478 g/mol. The van der Waals surface area contributed by atoms with E-state index in [2.05, 4.69) is 17.6 Å². The summed E-state index contributed by atoms with van der Waals surface area (Å²) in [6.45, 7) is 9.04. The van der Waals surface area contributed by atoms with Gasteiger partial charge in [-0.15, -0.1) is 0 Å². The Morgan fingerprint density at radius 1 is 1.00 bits per heavy atom. The molecule has 1 rings (SSSR count). The Kier molecular flexibility index (Phi) is 14.1. The maximum atomic E-state index is 13.4. The summed E-state index contributed by atoms with van der Waals surface area (Å²) < 4.78 is 10.1. The second-order valence-electron chi connectivity index (χ2n) is 9.66. The van der Waals surface area contributed by atoms with Crippen molar-refractivity contribution in [2.75, 3.05) is 26.2 Å². The predicted molar refractivity (Wildman–Crippen MR) is 140 cm³/mol. The summed E-state index contributed by atoms with van der Waals surface area (Å²) in [6.07, 6.45) is 3.83. The Balaban J connectivity index is 3.15. The van der Waals surface area contributed by atoms with Crippen LogP contribution in [0.3, 0.4) is 0 Å². The van der Waals surface area contributed by atoms with Gasteiger partial charge in [0.25, 0.3) is 0 Å². The number of alkyl carbamates (subject to hydrolysis) is 1. The smallest absolute Gasteiger partial charge is 0.408 e. The number of phenols is 1. The number of rotatable bonds is 15. The normalized spacial score (nSPS) is 11.8. The number of benzene rings is 1. The largest absolute Gasteiger partial charge is 0.508 e. The van der Waals surface area contributed by atoms with Crippen molar-refractivity contribution in [3.05, 3.63) is 29.8 Å². The molecule has 0 saturated carbocycles. The number of aromatic hydroxyl groups is 1. The molecular formula is C27H43N3O7. The molecule has 0 aliphatic rings. The zero-order chi connectivity index (χ0) is 27.8. The average molecular weight is 522 g/mol. The summed E-state index contributed by atoms with van der Waals surface area (Å²) in [5, 5.41) is 15.7. The van der Waals surface area contributed by atoms with Crippen LogP contribution < -0.4 is 10.6 Å². The maximum Gasteiger partial charge on any atom is 0.408 e. The predicted octanol–water partition coefficient (Wildman–Crippen LogP) is 3.83. The third kappa shape index (κ3) is 12.5. The summed E-state index contributed by atoms with van der Waals surface area (Å²) in [5.41, 5.74) is -0.487. The first-order valence-electron chi connectivity index (χ1n) is 13.0. The minimum Gasteiger partial charge on any atom is -0.508 e. The summed E-state index contributed by atoms with van der Waals surface area (Å²) in [5.74, 6) is -1.65. The van der Waals surface area contributed by atoms with E-state index in [-0.39, 0.29) is 44.0 Å². The van der Waals surface area contributed by atoms with Crippen molar-refractivity contribution in [2.24, 2.45) is 0 Å². The lowest BCUT2D eigenvalue weighted by molar-refractivity contribution is -0.143. The topological polar surface area (TPSA) is 134 Å². The second-order valence-corrected chi connectivity index (χ2v) is 9.66. The number of carbonyl (C=O) groups excluding carboxylic acids is 4. The molecule has 0 heterocycles. The summed E-state index contributed by atoms with van der Waals surface area (Å²) >= 11 is 0. The lowest BCUT2D eigenvalue weighted by atomic mass is 10.0. The van der Waals surface area contributed by atoms with E-state index >= 15 is 0 Å². The average Bonchev–Trinajstić information content (AvgIpc) is 2.81. The second kappa shape index (κ2) is 16.4. The first-order valence-corrected chi connectivity index (χ1v) is 13.0. The van der Waals surface area contributed by atoms with E-state index in [1.165, 1.54) is 11.0 Å². The van der Waals surface area contributed by atoms with Crippen molar-refractivity contribution >= 4 is 23.9 Å². The number of ether oxygens (including phenoxy) is 2. The van der Waals surface area contributed by atoms with Crippen LogP contribution in [0.2, 0.25) is 0 Å². The summed E-state index contributed by atoms with van der Waals surface area (Å²) in [4.78, 5) is 51.9. The van der Waals surface area contributed by atoms with Gasteiger partial charge in [-0.2, -0.15) is 0 Å². The standard InChI is InChI=1S/C27H43N3O7/c1-6-8-9-10-13-18-30(22(32)19-29-26(35)37-27(3,4)5)24(20-14-11-12-15-21(20)31)25(34)28-17-16-23(33)36-7-2/h11-12,14-15,24,31H,6-10,13,16-19H2,1-5H3,(H,28,34)(H,29,35). The molecule has 0 aliphatic heterocycles. The van der Waals surface area contributed by atoms with E-state index in [1.54, 1.807) is 45.9 Å². The van der Waals surface area contributed by atoms with Crippen LogP contribution in [0.15, 0.2) is 24.3 Å². The quantitative estimate of drug-likeness (QED) is 0.236. The van der Waals surface area contributed by atoms with Crippen LogP contribution in [0.5, 0.6) is 5.75 Å². The molecule has 0 fully saturated rings. The molecule has 1 aromatic rings. The van der Waals surface area contributed by atoms with Gasteiger partial charge < -0.3 is 30.1 Å². The van der Waals surface area contributed by atoms with Gasteiger partial charge in [0.2, 0.25) is 11.8 Å². The molecule has 1 unspecified atom stereocenters. The molecule has 37 heavy (non-hydrogen) atoms. The Bertz CT molecular complexity index is 883. The third-order valence-corrected chi connectivity index (χ3v) is 5.33. The Morgan fingerprint density at radius 2 is 1.68 bits per heavy atom. The highest BCUT2D eigenvalue weighted by atomic mass is 16.6. The van der Waals surface area contributed by atoms with Crippen molar-refractivity contribution in [2.45, 2.75) is 84.8 Å². The van der Waals surface area contributed by atoms with Crippen LogP contribution in [0.25, 0.3) is 0 Å². The van der Waals surface area contributed by atoms with Crippen LogP contribution in [0, 0.1) is 0 Å². The molecule has 10 nitrogen and oxygen atoms in total. The van der Waals surface area contributed by atoms with Crippen molar-refractivity contribution in [1.82, 2.24) is 15.5 Å². The van der Waals surface area contributed by atoms with Crippen molar-refractivity contribution in [3.63, 3.8) is 0 Å². The molecule has 1 aromatic carbocycles. The number of esters is 1. The number of nitrogens with zero attached hydrogens (tertiary/aromatic N) is 1. The highest BCUT2D eigenvalue weighted by Gasteiger charge is 2.33. The fourth-order valence-electron chi connectivity index (χ4n) is 3.63. The SMILES string of the molecule is CCCCCCCN(C(=O)CNC(=O)OC(C)(C)C)C(C(=O)NCCC(=O)OCC)c1ccccc1O. The fraction of sp³-hybridized carbons (Fsp3) is 0.630. The number of nitrogens with one attached hydrogen (secondary N) is 2. The van der Waals surface area contributed by atoms with Gasteiger partial charge in [-0.3, -0.25) is 14.4 Å². The van der Waals surface area contributed by atoms with Gasteiger partial charge in [-0.1, -0.05) is 50.8 Å². The minimum atomic E-state index is -1.16. The van der Waals surface area contributed by atoms with E-state index in [9.17, 15) is 24.3 Å². The maximum absolute atomic E-state index is 13.4. The molecule has 0 saturated heterocycles. The van der Waals surface area contributed by atoms with Gasteiger partial charge in [0, 0.05) is 18.7 Å². The zero-order valence-electron chi connectivity index (χ0n) is 22.8. The molecule has 3 N–H and O–H groups in total. The summed E-state index contributed by atoms with van der Waals surface area (Å²) in [7, 11) is 0. The third-order valence-electron chi connectivity index (χ3n) is 5.33. The number of para-hydroxylation sites is 1. The number of hydrogen-bond acceptors (Lipinski definition) is 7. The molecule has 1 atom stereocenters. The Morgan fingerprint density at radius 3 is 2.30 bits per heavy atom. The van der Waals surface area contributed by atoms with Crippen LogP contribution in [-0.4, -0.2) is 65.7 Å². The lowest BCUT2D eigenvalue weighted by Crippen LogP contribution is -2.48. The monoisotopic (exact) mass is 521 g/mol. The first kappa shape index (κ1) is 31.7. The van der Waals surface area contributed by atoms with Gasteiger partial charge >= 0.3 is 12.1 Å². The van der Waals surface area contributed by atoms with Gasteiger partial charge in [0.05, 0.1) is 13.0 Å². The highest BCUT2D eigenvalue weighted by Crippen LogP contribution is 2.29. The van der Waals surface area contributed by atoms with Gasteiger partial charge in [0.15, 0.2) is 0 Å². The Labute approximate surface area is 220 Å². The molecule has 10 heteroatoms. The minimum absolute atomic E-state index is 0.0104. The lowest BCUT2D eigenvalue weighted by Gasteiger charge is -2.32. The molecule has 208 valence electrons. The molecule has 0 radical (unpaired) electrons. The Hall–Kier alpha value is -3.30. The van der Waals surface area contributed by atoms with Crippen LogP contribution in [0.4, 0.5) is 4.79 Å². The summed E-state index contributed by atoms with van der Waals surface area (Å²) in [6, 6.07) is 5.13. The van der Waals surface area contributed by atoms with Crippen LogP contribution in [-0.2, 0) is 23.9 Å². The fourth-order valence-corrected chi connectivity index (χ4v) is 3.63. The van der Waals surface area contributed by atoms with Crippen molar-refractivity contribution in [1.29, 1.82) is 0 Å². The van der Waals surface area contributed by atoms with Crippen LogP contribution >= 0.6 is 0 Å². The molecule has 3 amide bonds. The van der Waals surface area contributed by atoms with E-state index in [0.717, 1.165) is 25.7 Å². The van der Waals surface area contributed by atoms with Crippen molar-refractivity contribution < 1.29 is 33.8 Å². The number of hydrogen-bond donors (Lipinski definition) is 3. The van der Waals surface area contributed by atoms with Crippen molar-refractivity contribution in [3.8, 4) is 5.75 Å². The first-order chi connectivity index (χ1) is 17.5. The van der Waals surface area contributed by atoms with E-state index in [4.69, 9.17) is 9.47 Å². The molecule has 0 aliphatic carbocycles. The van der Waals surface area contributed by atoms with Gasteiger partial charge in [0.1, 0.15) is 23.9 Å². The number of phenolic OH excluding ortho intramolecular Hbond substituents is 1. The zero-order valence-corrected chi connectivity index (χ0v) is 22.8. The van der Waals surface area contributed by atoms with Gasteiger partial charge in [-0.05, 0) is 40.2 Å². The molecule has 0 aromatic heterocycles. The van der Waals surface area contributed by atoms with Crippen LogP contribution in [0.1, 0.15) is 84.7 Å². The van der Waals surface area contributed by atoms with E-state index in [1.807, 2.05) is 0 Å². The van der Waals surface area contributed by atoms with Gasteiger partial charge in [-0.25, -0.2) is 4.79 Å². The van der Waals surface area contributed by atoms with E-state index in [0.29, 0.717) is 6.42 Å². The number of amides is 3. The van der Waals surface area contributed by atoms with E-state index < -0.39 is 35.5 Å².